The molecule has 3 N–H and O–H groups in total. The molecule has 0 fully saturated rings. The molecule has 0 saturated carbocycles. The van der Waals surface area contributed by atoms with Gasteiger partial charge in [0.25, 0.3) is 11.8 Å². The molecule has 6 heteroatoms. The van der Waals surface area contributed by atoms with Crippen LogP contribution in [0.4, 0.5) is 5.69 Å². The summed E-state index contributed by atoms with van der Waals surface area (Å²) in [5.41, 5.74) is 4.92. The summed E-state index contributed by atoms with van der Waals surface area (Å²) in [4.78, 5) is 27.4. The summed E-state index contributed by atoms with van der Waals surface area (Å²) < 4.78 is 0. The first-order valence-electron chi connectivity index (χ1n) is 7.16. The average Bonchev–Trinajstić information content (AvgIpc) is 2.96. The molecular formula is C17H16ClN3O2. The third-order valence-corrected chi connectivity index (χ3v) is 4.22. The Morgan fingerprint density at radius 3 is 2.74 bits per heavy atom. The van der Waals surface area contributed by atoms with Crippen LogP contribution in [0.25, 0.3) is 11.6 Å². The summed E-state index contributed by atoms with van der Waals surface area (Å²) >= 11 is 6.03. The Hall–Kier alpha value is -2.53. The fourth-order valence-corrected chi connectivity index (χ4v) is 3.00. The molecule has 3 rings (SSSR count). The Kier molecular flexibility index (Phi) is 3.74. The van der Waals surface area contributed by atoms with E-state index in [0.29, 0.717) is 16.2 Å². The van der Waals surface area contributed by atoms with E-state index in [4.69, 9.17) is 11.6 Å². The number of aryl methyl sites for hydroxylation is 1. The number of rotatable bonds is 2. The van der Waals surface area contributed by atoms with E-state index in [1.165, 1.54) is 0 Å². The number of halogens is 1. The highest BCUT2D eigenvalue weighted by atomic mass is 35.5. The van der Waals surface area contributed by atoms with Crippen molar-refractivity contribution < 1.29 is 9.59 Å². The van der Waals surface area contributed by atoms with Crippen LogP contribution >= 0.6 is 11.6 Å². The maximum Gasteiger partial charge on any atom is 0.256 e. The van der Waals surface area contributed by atoms with Crippen molar-refractivity contribution in [3.8, 4) is 0 Å². The van der Waals surface area contributed by atoms with Gasteiger partial charge in [-0.25, -0.2) is 0 Å². The normalized spacial score (nSPS) is 14.8. The third kappa shape index (κ3) is 2.53. The average molecular weight is 330 g/mol. The molecule has 0 saturated heterocycles. The SMILES string of the molecule is CNC(=O)c1c(C)[nH]c(C=C2C(=O)Nc3ccc(Cl)cc32)c1C. The molecule has 1 aliphatic rings. The second kappa shape index (κ2) is 5.59. The van der Waals surface area contributed by atoms with Crippen LogP contribution in [0.2, 0.25) is 5.02 Å². The van der Waals surface area contributed by atoms with E-state index >= 15 is 0 Å². The molecular weight excluding hydrogens is 314 g/mol. The number of H-pyrrole nitrogens is 1. The van der Waals surface area contributed by atoms with Gasteiger partial charge in [0.15, 0.2) is 0 Å². The molecule has 0 unspecified atom stereocenters. The zero-order valence-electron chi connectivity index (χ0n) is 13.0. The van der Waals surface area contributed by atoms with Crippen molar-refractivity contribution in [3.63, 3.8) is 0 Å². The Morgan fingerprint density at radius 2 is 2.04 bits per heavy atom. The first kappa shape index (κ1) is 15.4. The van der Waals surface area contributed by atoms with E-state index in [1.807, 2.05) is 13.8 Å². The van der Waals surface area contributed by atoms with Gasteiger partial charge in [0.2, 0.25) is 0 Å². The lowest BCUT2D eigenvalue weighted by Gasteiger charge is -2.01. The Labute approximate surface area is 138 Å². The smallest absolute Gasteiger partial charge is 0.256 e. The largest absolute Gasteiger partial charge is 0.358 e. The predicted molar refractivity (Wildman–Crippen MR) is 91.6 cm³/mol. The summed E-state index contributed by atoms with van der Waals surface area (Å²) in [5.74, 6) is -0.337. The van der Waals surface area contributed by atoms with Crippen LogP contribution in [0.15, 0.2) is 18.2 Å². The fraction of sp³-hybridized carbons (Fsp3) is 0.176. The van der Waals surface area contributed by atoms with Crippen molar-refractivity contribution in [2.75, 3.05) is 12.4 Å². The molecule has 0 radical (unpaired) electrons. The summed E-state index contributed by atoms with van der Waals surface area (Å²) in [6.07, 6.45) is 1.76. The first-order valence-corrected chi connectivity index (χ1v) is 7.54. The molecule has 2 heterocycles. The van der Waals surface area contributed by atoms with Gasteiger partial charge < -0.3 is 15.6 Å². The highest BCUT2D eigenvalue weighted by molar-refractivity contribution is 6.36. The van der Waals surface area contributed by atoms with E-state index in [2.05, 4.69) is 15.6 Å². The number of fused-ring (bicyclic) bond motifs is 1. The molecule has 2 aromatic rings. The molecule has 1 aromatic carbocycles. The number of anilines is 1. The highest BCUT2D eigenvalue weighted by Crippen LogP contribution is 2.35. The minimum atomic E-state index is -0.185. The summed E-state index contributed by atoms with van der Waals surface area (Å²) in [6.45, 7) is 3.69. The molecule has 2 amide bonds. The minimum Gasteiger partial charge on any atom is -0.358 e. The lowest BCUT2D eigenvalue weighted by atomic mass is 10.0. The van der Waals surface area contributed by atoms with Crippen LogP contribution in [0, 0.1) is 13.8 Å². The maximum absolute atomic E-state index is 12.2. The number of nitrogens with one attached hydrogen (secondary N) is 3. The molecule has 0 aliphatic carbocycles. The van der Waals surface area contributed by atoms with Crippen molar-refractivity contribution in [1.29, 1.82) is 0 Å². The third-order valence-electron chi connectivity index (χ3n) is 3.98. The number of carbonyl (C=O) groups excluding carboxylic acids is 2. The van der Waals surface area contributed by atoms with Gasteiger partial charge in [-0.1, -0.05) is 11.6 Å². The topological polar surface area (TPSA) is 74.0 Å². The number of hydrogen-bond donors (Lipinski definition) is 3. The van der Waals surface area contributed by atoms with Gasteiger partial charge in [-0.05, 0) is 43.7 Å². The Morgan fingerprint density at radius 1 is 1.30 bits per heavy atom. The van der Waals surface area contributed by atoms with Crippen molar-refractivity contribution in [2.24, 2.45) is 0 Å². The molecule has 23 heavy (non-hydrogen) atoms. The number of amides is 2. The summed E-state index contributed by atoms with van der Waals surface area (Å²) in [6, 6.07) is 5.27. The number of aromatic nitrogens is 1. The van der Waals surface area contributed by atoms with Crippen molar-refractivity contribution >= 4 is 40.8 Å². The maximum atomic E-state index is 12.2. The van der Waals surface area contributed by atoms with E-state index in [-0.39, 0.29) is 11.8 Å². The van der Waals surface area contributed by atoms with Gasteiger partial charge in [0, 0.05) is 34.7 Å². The first-order chi connectivity index (χ1) is 10.9. The van der Waals surface area contributed by atoms with Gasteiger partial charge in [-0.15, -0.1) is 0 Å². The molecule has 5 nitrogen and oxygen atoms in total. The van der Waals surface area contributed by atoms with E-state index < -0.39 is 0 Å². The number of carbonyl (C=O) groups is 2. The van der Waals surface area contributed by atoms with E-state index in [1.54, 1.807) is 31.3 Å². The molecule has 118 valence electrons. The van der Waals surface area contributed by atoms with Crippen molar-refractivity contribution in [3.05, 3.63) is 51.3 Å². The monoisotopic (exact) mass is 329 g/mol. The van der Waals surface area contributed by atoms with Gasteiger partial charge in [-0.3, -0.25) is 9.59 Å². The van der Waals surface area contributed by atoms with Crippen LogP contribution in [0.3, 0.4) is 0 Å². The Bertz CT molecular complexity index is 865. The zero-order valence-corrected chi connectivity index (χ0v) is 13.8. The highest BCUT2D eigenvalue weighted by Gasteiger charge is 2.25. The van der Waals surface area contributed by atoms with Gasteiger partial charge >= 0.3 is 0 Å². The molecule has 0 bridgehead atoms. The predicted octanol–water partition coefficient (Wildman–Crippen LogP) is 3.14. The lowest BCUT2D eigenvalue weighted by molar-refractivity contribution is -0.110. The van der Waals surface area contributed by atoms with E-state index in [9.17, 15) is 9.59 Å². The molecule has 1 aromatic heterocycles. The molecule has 0 atom stereocenters. The molecule has 0 spiro atoms. The minimum absolute atomic E-state index is 0.153. The Balaban J connectivity index is 2.12. The standard InChI is InChI=1S/C17H16ClN3O2/c1-8-14(20-9(2)15(8)17(23)19-3)7-12-11-6-10(18)4-5-13(11)21-16(12)22/h4-7,20H,1-3H3,(H,19,23)(H,21,22). The van der Waals surface area contributed by atoms with Crippen LogP contribution in [-0.4, -0.2) is 23.8 Å². The fourth-order valence-electron chi connectivity index (χ4n) is 2.83. The summed E-state index contributed by atoms with van der Waals surface area (Å²) in [7, 11) is 1.59. The number of hydrogen-bond acceptors (Lipinski definition) is 2. The lowest BCUT2D eigenvalue weighted by Crippen LogP contribution is -2.19. The van der Waals surface area contributed by atoms with Crippen LogP contribution in [0.1, 0.15) is 32.9 Å². The quantitative estimate of drug-likeness (QED) is 0.740. The van der Waals surface area contributed by atoms with E-state index in [0.717, 1.165) is 28.2 Å². The zero-order chi connectivity index (χ0) is 16.7. The number of aromatic amines is 1. The van der Waals surface area contributed by atoms with Gasteiger partial charge in [0.05, 0.1) is 11.1 Å². The summed E-state index contributed by atoms with van der Waals surface area (Å²) in [5, 5.41) is 6.00. The van der Waals surface area contributed by atoms with Crippen LogP contribution < -0.4 is 10.6 Å². The van der Waals surface area contributed by atoms with Crippen LogP contribution in [0.5, 0.6) is 0 Å². The van der Waals surface area contributed by atoms with Crippen molar-refractivity contribution in [1.82, 2.24) is 10.3 Å². The number of benzene rings is 1. The van der Waals surface area contributed by atoms with Crippen molar-refractivity contribution in [2.45, 2.75) is 13.8 Å². The molecule has 1 aliphatic heterocycles. The van der Waals surface area contributed by atoms with Gasteiger partial charge in [0.1, 0.15) is 0 Å². The van der Waals surface area contributed by atoms with Gasteiger partial charge in [-0.2, -0.15) is 0 Å². The van der Waals surface area contributed by atoms with Crippen LogP contribution in [-0.2, 0) is 4.79 Å². The second-order valence-corrected chi connectivity index (χ2v) is 5.88. The second-order valence-electron chi connectivity index (χ2n) is 5.44.